The first kappa shape index (κ1) is 38.7. The van der Waals surface area contributed by atoms with Crippen molar-refractivity contribution in [2.45, 2.75) is 225 Å². The number of nitrogens with one attached hydrogen (secondary N) is 1. The average molecular weight is 576 g/mol. The molecule has 0 radical (unpaired) electrons. The number of hydrogen-bond acceptors (Lipinski definition) is 2. The van der Waals surface area contributed by atoms with Crippen molar-refractivity contribution in [2.24, 2.45) is 5.92 Å². The molecule has 0 spiro atoms. The van der Waals surface area contributed by atoms with Crippen LogP contribution in [-0.2, 0) is 4.79 Å². The topological polar surface area (TPSA) is 29.1 Å². The van der Waals surface area contributed by atoms with Gasteiger partial charge in [-0.25, -0.2) is 0 Å². The van der Waals surface area contributed by atoms with Crippen molar-refractivity contribution >= 4 is 5.78 Å². The SMILES string of the molecule is CCCCCCCCCCC(=O)CCCNCCCCCCCCCCC1CCCCCCCCCCCCCC1. The lowest BCUT2D eigenvalue weighted by Crippen LogP contribution is -2.17. The Labute approximate surface area is 259 Å². The lowest BCUT2D eigenvalue weighted by Gasteiger charge is -2.17. The normalized spacial score (nSPS) is 16.8. The maximum atomic E-state index is 12.1. The minimum absolute atomic E-state index is 0.486. The van der Waals surface area contributed by atoms with Gasteiger partial charge in [0, 0.05) is 12.8 Å². The maximum absolute atomic E-state index is 12.1. The zero-order chi connectivity index (χ0) is 29.3. The van der Waals surface area contributed by atoms with E-state index >= 15 is 0 Å². The summed E-state index contributed by atoms with van der Waals surface area (Å²) in [6.45, 7) is 4.42. The average Bonchev–Trinajstić information content (AvgIpc) is 2.99. The van der Waals surface area contributed by atoms with Gasteiger partial charge in [-0.1, -0.05) is 193 Å². The van der Waals surface area contributed by atoms with Crippen molar-refractivity contribution in [3.8, 4) is 0 Å². The van der Waals surface area contributed by atoms with E-state index in [2.05, 4.69) is 12.2 Å². The van der Waals surface area contributed by atoms with E-state index in [9.17, 15) is 4.79 Å². The molecule has 0 heterocycles. The van der Waals surface area contributed by atoms with Gasteiger partial charge in [0.05, 0.1) is 0 Å². The van der Waals surface area contributed by atoms with E-state index in [1.165, 1.54) is 193 Å². The predicted molar refractivity (Wildman–Crippen MR) is 184 cm³/mol. The van der Waals surface area contributed by atoms with E-state index in [4.69, 9.17) is 0 Å². The van der Waals surface area contributed by atoms with Gasteiger partial charge in [-0.15, -0.1) is 0 Å². The molecule has 0 aromatic heterocycles. The molecule has 1 saturated carbocycles. The minimum atomic E-state index is 0.486. The third-order valence-electron chi connectivity index (χ3n) is 9.81. The van der Waals surface area contributed by atoms with Crippen molar-refractivity contribution in [1.82, 2.24) is 5.32 Å². The fourth-order valence-corrected chi connectivity index (χ4v) is 6.93. The summed E-state index contributed by atoms with van der Waals surface area (Å²) in [5.74, 6) is 1.51. The molecule has 1 aliphatic carbocycles. The molecule has 41 heavy (non-hydrogen) atoms. The summed E-state index contributed by atoms with van der Waals surface area (Å²) in [6, 6.07) is 0. The van der Waals surface area contributed by atoms with Crippen molar-refractivity contribution in [3.63, 3.8) is 0 Å². The Morgan fingerprint density at radius 1 is 0.463 bits per heavy atom. The fraction of sp³-hybridized carbons (Fsp3) is 0.974. The number of hydrogen-bond donors (Lipinski definition) is 1. The molecule has 2 heteroatoms. The Morgan fingerprint density at radius 2 is 0.854 bits per heavy atom. The van der Waals surface area contributed by atoms with E-state index < -0.39 is 0 Å². The summed E-state index contributed by atoms with van der Waals surface area (Å²) in [5.41, 5.74) is 0. The molecule has 244 valence electrons. The summed E-state index contributed by atoms with van der Waals surface area (Å²) in [5, 5.41) is 3.57. The van der Waals surface area contributed by atoms with Crippen LogP contribution in [-0.4, -0.2) is 18.9 Å². The molecule has 0 aromatic rings. The molecule has 2 nitrogen and oxygen atoms in total. The molecule has 0 saturated heterocycles. The summed E-state index contributed by atoms with van der Waals surface area (Å²) < 4.78 is 0. The minimum Gasteiger partial charge on any atom is -0.317 e. The highest BCUT2D eigenvalue weighted by Crippen LogP contribution is 2.25. The molecule has 1 fully saturated rings. The van der Waals surface area contributed by atoms with Crippen LogP contribution in [0.5, 0.6) is 0 Å². The van der Waals surface area contributed by atoms with Crippen LogP contribution < -0.4 is 5.32 Å². The molecule has 0 unspecified atom stereocenters. The van der Waals surface area contributed by atoms with Crippen LogP contribution in [0.4, 0.5) is 0 Å². The first-order chi connectivity index (χ1) is 20.3. The van der Waals surface area contributed by atoms with Crippen LogP contribution in [0.15, 0.2) is 0 Å². The van der Waals surface area contributed by atoms with Crippen molar-refractivity contribution < 1.29 is 4.79 Å². The number of Topliss-reactive ketones (excluding diaryl/α,β-unsaturated/α-hetero) is 1. The monoisotopic (exact) mass is 576 g/mol. The van der Waals surface area contributed by atoms with E-state index in [1.54, 1.807) is 0 Å². The Balaban J connectivity index is 1.85. The van der Waals surface area contributed by atoms with Crippen LogP contribution in [0.2, 0.25) is 0 Å². The van der Waals surface area contributed by atoms with E-state index in [1.807, 2.05) is 0 Å². The second-order valence-electron chi connectivity index (χ2n) is 13.9. The standard InChI is InChI=1S/C39H77NO/c1-2-3-4-5-6-18-23-28-34-39(41)35-30-37-40-36-29-24-19-14-13-17-22-27-33-38-31-25-20-15-11-9-7-8-10-12-16-21-26-32-38/h38,40H,2-37H2,1H3. The largest absolute Gasteiger partial charge is 0.317 e. The van der Waals surface area contributed by atoms with E-state index in [0.717, 1.165) is 44.7 Å². The van der Waals surface area contributed by atoms with Gasteiger partial charge in [0.1, 0.15) is 5.78 Å². The van der Waals surface area contributed by atoms with Crippen molar-refractivity contribution in [2.75, 3.05) is 13.1 Å². The Bertz CT molecular complexity index is 502. The van der Waals surface area contributed by atoms with Gasteiger partial charge in [-0.05, 0) is 38.3 Å². The molecule has 1 rings (SSSR count). The quantitative estimate of drug-likeness (QED) is 0.116. The van der Waals surface area contributed by atoms with Crippen LogP contribution >= 0.6 is 0 Å². The highest BCUT2D eigenvalue weighted by molar-refractivity contribution is 5.78. The zero-order valence-electron chi connectivity index (χ0n) is 28.4. The fourth-order valence-electron chi connectivity index (χ4n) is 6.93. The molecule has 0 bridgehead atoms. The van der Waals surface area contributed by atoms with E-state index in [0.29, 0.717) is 5.78 Å². The second kappa shape index (κ2) is 32.5. The zero-order valence-corrected chi connectivity index (χ0v) is 28.4. The number of carbonyl (C=O) groups is 1. The molecular weight excluding hydrogens is 498 g/mol. The van der Waals surface area contributed by atoms with E-state index in [-0.39, 0.29) is 0 Å². The molecule has 0 atom stereocenters. The summed E-state index contributed by atoms with van der Waals surface area (Å²) >= 11 is 0. The van der Waals surface area contributed by atoms with Gasteiger partial charge in [-0.3, -0.25) is 4.79 Å². The molecule has 0 aromatic carbocycles. The van der Waals surface area contributed by atoms with Gasteiger partial charge in [0.2, 0.25) is 0 Å². The number of carbonyl (C=O) groups excluding carboxylic acids is 1. The predicted octanol–water partition coefficient (Wildman–Crippen LogP) is 13.1. The number of rotatable bonds is 24. The Hall–Kier alpha value is -0.370. The van der Waals surface area contributed by atoms with Crippen LogP contribution in [0, 0.1) is 5.92 Å². The summed E-state index contributed by atoms with van der Waals surface area (Å²) in [4.78, 5) is 12.1. The van der Waals surface area contributed by atoms with Crippen LogP contribution in [0.1, 0.15) is 225 Å². The molecule has 0 amide bonds. The highest BCUT2D eigenvalue weighted by Gasteiger charge is 2.09. The first-order valence-corrected chi connectivity index (χ1v) is 19.6. The van der Waals surface area contributed by atoms with Gasteiger partial charge in [0.15, 0.2) is 0 Å². The van der Waals surface area contributed by atoms with Crippen molar-refractivity contribution in [1.29, 1.82) is 0 Å². The number of ketones is 1. The number of unbranched alkanes of at least 4 members (excludes halogenated alkanes) is 14. The lowest BCUT2D eigenvalue weighted by atomic mass is 9.89. The molecule has 1 aliphatic rings. The molecular formula is C39H77NO. The maximum Gasteiger partial charge on any atom is 0.132 e. The summed E-state index contributed by atoms with van der Waals surface area (Å²) in [7, 11) is 0. The van der Waals surface area contributed by atoms with Gasteiger partial charge in [-0.2, -0.15) is 0 Å². The molecule has 1 N–H and O–H groups in total. The van der Waals surface area contributed by atoms with Gasteiger partial charge >= 0.3 is 0 Å². The molecule has 0 aliphatic heterocycles. The lowest BCUT2D eigenvalue weighted by molar-refractivity contribution is -0.119. The van der Waals surface area contributed by atoms with Gasteiger partial charge < -0.3 is 5.32 Å². The van der Waals surface area contributed by atoms with Crippen LogP contribution in [0.3, 0.4) is 0 Å². The summed E-state index contributed by atoms with van der Waals surface area (Å²) in [6.07, 6.45) is 46.9. The smallest absolute Gasteiger partial charge is 0.132 e. The van der Waals surface area contributed by atoms with Gasteiger partial charge in [0.25, 0.3) is 0 Å². The van der Waals surface area contributed by atoms with Crippen LogP contribution in [0.25, 0.3) is 0 Å². The Kier molecular flexibility index (Phi) is 30.7. The second-order valence-corrected chi connectivity index (χ2v) is 13.9. The highest BCUT2D eigenvalue weighted by atomic mass is 16.1. The first-order valence-electron chi connectivity index (χ1n) is 19.6. The third kappa shape index (κ3) is 29.5. The third-order valence-corrected chi connectivity index (χ3v) is 9.81. The van der Waals surface area contributed by atoms with Crippen molar-refractivity contribution in [3.05, 3.63) is 0 Å². The Morgan fingerprint density at radius 3 is 1.39 bits per heavy atom.